The number of carboxylic acid groups (broad SMARTS) is 1. The number of aliphatic hydroxyl groups excluding tert-OH is 1. The molecule has 1 amide bonds. The molecule has 1 saturated heterocycles. The number of likely N-dealkylation sites (tertiary alicyclic amines) is 1. The highest BCUT2D eigenvalue weighted by Crippen LogP contribution is 2.24. The number of carboxylic acids is 1. The molecule has 0 aromatic heterocycles. The second-order valence-corrected chi connectivity index (χ2v) is 5.36. The molecule has 1 fully saturated rings. The molecule has 2 N–H and O–H groups in total. The number of hydrogen-bond donors (Lipinski definition) is 2. The quantitative estimate of drug-likeness (QED) is 0.855. The molecule has 0 saturated carbocycles. The summed E-state index contributed by atoms with van der Waals surface area (Å²) in [6.45, 7) is 0.164. The van der Waals surface area contributed by atoms with Gasteiger partial charge >= 0.3 is 5.97 Å². The molecule has 0 spiro atoms. The lowest BCUT2D eigenvalue weighted by atomic mass is 10.0. The summed E-state index contributed by atoms with van der Waals surface area (Å²) < 4.78 is 0. The van der Waals surface area contributed by atoms with Crippen LogP contribution in [0.5, 0.6) is 0 Å². The van der Waals surface area contributed by atoms with Crippen LogP contribution < -0.4 is 0 Å². The van der Waals surface area contributed by atoms with Crippen molar-refractivity contribution in [1.82, 2.24) is 4.90 Å². The first-order valence-corrected chi connectivity index (χ1v) is 6.77. The van der Waals surface area contributed by atoms with Crippen molar-refractivity contribution in [2.75, 3.05) is 13.2 Å². The molecule has 20 heavy (non-hydrogen) atoms. The summed E-state index contributed by atoms with van der Waals surface area (Å²) in [6.07, 6.45) is 0.363. The van der Waals surface area contributed by atoms with Gasteiger partial charge in [0.1, 0.15) is 6.04 Å². The lowest BCUT2D eigenvalue weighted by molar-refractivity contribution is -0.148. The van der Waals surface area contributed by atoms with Crippen molar-refractivity contribution in [3.05, 3.63) is 34.9 Å². The van der Waals surface area contributed by atoms with Crippen LogP contribution in [-0.2, 0) is 16.0 Å². The Labute approximate surface area is 121 Å². The Morgan fingerprint density at radius 2 is 2.15 bits per heavy atom. The first kappa shape index (κ1) is 14.8. The Kier molecular flexibility index (Phi) is 4.62. The number of carbonyl (C=O) groups is 2. The standard InChI is InChI=1S/C14H16ClNO4/c15-11-4-2-1-3-10(11)6-12(14(19)20)16-7-9(8-17)5-13(16)18/h1-4,9,12,17H,5-8H2,(H,19,20)/t9?,12-/m0/s1. The molecular formula is C14H16ClNO4. The highest BCUT2D eigenvalue weighted by atomic mass is 35.5. The van der Waals surface area contributed by atoms with Gasteiger partial charge in [0.05, 0.1) is 0 Å². The van der Waals surface area contributed by atoms with E-state index >= 15 is 0 Å². The smallest absolute Gasteiger partial charge is 0.326 e. The van der Waals surface area contributed by atoms with E-state index in [-0.39, 0.29) is 37.8 Å². The summed E-state index contributed by atoms with van der Waals surface area (Å²) >= 11 is 6.04. The number of nitrogens with zero attached hydrogens (tertiary/aromatic N) is 1. The number of aliphatic carboxylic acids is 1. The van der Waals surface area contributed by atoms with Gasteiger partial charge in [-0.15, -0.1) is 0 Å². The van der Waals surface area contributed by atoms with Crippen LogP contribution in [0.4, 0.5) is 0 Å². The average Bonchev–Trinajstić information content (AvgIpc) is 2.78. The maximum absolute atomic E-state index is 11.9. The summed E-state index contributed by atoms with van der Waals surface area (Å²) in [5.74, 6) is -1.48. The summed E-state index contributed by atoms with van der Waals surface area (Å²) in [6, 6.07) is 6.05. The van der Waals surface area contributed by atoms with Crippen LogP contribution in [0.15, 0.2) is 24.3 Å². The van der Waals surface area contributed by atoms with Gasteiger partial charge in [0.25, 0.3) is 0 Å². The molecule has 0 aliphatic carbocycles. The predicted molar refractivity (Wildman–Crippen MR) is 73.5 cm³/mol. The second kappa shape index (κ2) is 6.24. The van der Waals surface area contributed by atoms with Crippen molar-refractivity contribution in [2.45, 2.75) is 18.9 Å². The van der Waals surface area contributed by atoms with Gasteiger partial charge in [0.2, 0.25) is 5.91 Å². The van der Waals surface area contributed by atoms with Crippen molar-refractivity contribution >= 4 is 23.5 Å². The van der Waals surface area contributed by atoms with E-state index in [1.165, 1.54) is 4.90 Å². The van der Waals surface area contributed by atoms with Crippen molar-refractivity contribution in [3.8, 4) is 0 Å². The molecule has 1 heterocycles. The Bertz CT molecular complexity index is 520. The Hall–Kier alpha value is -1.59. The second-order valence-electron chi connectivity index (χ2n) is 4.95. The zero-order chi connectivity index (χ0) is 14.7. The highest BCUT2D eigenvalue weighted by Gasteiger charge is 2.37. The maximum atomic E-state index is 11.9. The van der Waals surface area contributed by atoms with Gasteiger partial charge in [-0.05, 0) is 11.6 Å². The largest absolute Gasteiger partial charge is 0.480 e. The van der Waals surface area contributed by atoms with E-state index < -0.39 is 12.0 Å². The number of aliphatic hydroxyl groups is 1. The van der Waals surface area contributed by atoms with Crippen LogP contribution in [0.1, 0.15) is 12.0 Å². The summed E-state index contributed by atoms with van der Waals surface area (Å²) in [5, 5.41) is 19.0. The number of carbonyl (C=O) groups excluding carboxylic acids is 1. The molecule has 108 valence electrons. The minimum Gasteiger partial charge on any atom is -0.480 e. The fourth-order valence-electron chi connectivity index (χ4n) is 2.44. The molecule has 6 heteroatoms. The minimum atomic E-state index is -1.06. The van der Waals surface area contributed by atoms with Gasteiger partial charge in [-0.3, -0.25) is 4.79 Å². The number of benzene rings is 1. The first-order chi connectivity index (χ1) is 9.52. The van der Waals surface area contributed by atoms with E-state index in [1.807, 2.05) is 0 Å². The fraction of sp³-hybridized carbons (Fsp3) is 0.429. The molecule has 1 aromatic carbocycles. The molecule has 2 rings (SSSR count). The van der Waals surface area contributed by atoms with Crippen LogP contribution in [0, 0.1) is 5.92 Å². The predicted octanol–water partition coefficient (Wildman–Crippen LogP) is 1.18. The monoisotopic (exact) mass is 297 g/mol. The van der Waals surface area contributed by atoms with Crippen LogP contribution >= 0.6 is 11.6 Å². The Morgan fingerprint density at radius 3 is 2.70 bits per heavy atom. The maximum Gasteiger partial charge on any atom is 0.326 e. The normalized spacial score (nSPS) is 20.2. The average molecular weight is 298 g/mol. The molecule has 1 unspecified atom stereocenters. The first-order valence-electron chi connectivity index (χ1n) is 6.39. The van der Waals surface area contributed by atoms with E-state index in [1.54, 1.807) is 24.3 Å². The third-order valence-electron chi connectivity index (χ3n) is 3.53. The van der Waals surface area contributed by atoms with Gasteiger partial charge in [-0.1, -0.05) is 29.8 Å². The lowest BCUT2D eigenvalue weighted by Gasteiger charge is -2.25. The third kappa shape index (κ3) is 3.11. The number of hydrogen-bond acceptors (Lipinski definition) is 3. The van der Waals surface area contributed by atoms with Crippen molar-refractivity contribution in [1.29, 1.82) is 0 Å². The number of amides is 1. The highest BCUT2D eigenvalue weighted by molar-refractivity contribution is 6.31. The van der Waals surface area contributed by atoms with Crippen molar-refractivity contribution in [3.63, 3.8) is 0 Å². The van der Waals surface area contributed by atoms with Crippen molar-refractivity contribution in [2.24, 2.45) is 5.92 Å². The van der Waals surface area contributed by atoms with E-state index in [2.05, 4.69) is 0 Å². The Balaban J connectivity index is 2.18. The van der Waals surface area contributed by atoms with E-state index in [0.717, 1.165) is 0 Å². The molecule has 2 atom stereocenters. The zero-order valence-corrected chi connectivity index (χ0v) is 11.6. The van der Waals surface area contributed by atoms with Crippen LogP contribution in [0.3, 0.4) is 0 Å². The molecular weight excluding hydrogens is 282 g/mol. The van der Waals surface area contributed by atoms with E-state index in [4.69, 9.17) is 16.7 Å². The molecule has 0 bridgehead atoms. The molecule has 5 nitrogen and oxygen atoms in total. The van der Waals surface area contributed by atoms with Gasteiger partial charge < -0.3 is 15.1 Å². The summed E-state index contributed by atoms with van der Waals surface area (Å²) in [5.41, 5.74) is 0.696. The van der Waals surface area contributed by atoms with Gasteiger partial charge in [0, 0.05) is 36.9 Å². The van der Waals surface area contributed by atoms with Gasteiger partial charge in [0.15, 0.2) is 0 Å². The van der Waals surface area contributed by atoms with Crippen molar-refractivity contribution < 1.29 is 19.8 Å². The van der Waals surface area contributed by atoms with Crippen LogP contribution in [-0.4, -0.2) is 46.2 Å². The SMILES string of the molecule is O=C(O)[C@H](Cc1ccccc1Cl)N1CC(CO)CC1=O. The summed E-state index contributed by atoms with van der Waals surface area (Å²) in [4.78, 5) is 24.7. The molecule has 1 aliphatic heterocycles. The minimum absolute atomic E-state index is 0.110. The third-order valence-corrected chi connectivity index (χ3v) is 3.90. The number of rotatable bonds is 5. The van der Waals surface area contributed by atoms with Crippen LogP contribution in [0.25, 0.3) is 0 Å². The zero-order valence-electron chi connectivity index (χ0n) is 10.8. The Morgan fingerprint density at radius 1 is 1.45 bits per heavy atom. The molecule has 1 aromatic rings. The van der Waals surface area contributed by atoms with Gasteiger partial charge in [-0.25, -0.2) is 4.79 Å². The fourth-order valence-corrected chi connectivity index (χ4v) is 2.65. The lowest BCUT2D eigenvalue weighted by Crippen LogP contribution is -2.43. The van der Waals surface area contributed by atoms with E-state index in [9.17, 15) is 14.7 Å². The van der Waals surface area contributed by atoms with Crippen LogP contribution in [0.2, 0.25) is 5.02 Å². The topological polar surface area (TPSA) is 77.8 Å². The molecule has 1 aliphatic rings. The number of halogens is 1. The summed E-state index contributed by atoms with van der Waals surface area (Å²) in [7, 11) is 0. The van der Waals surface area contributed by atoms with E-state index in [0.29, 0.717) is 10.6 Å². The van der Waals surface area contributed by atoms with Gasteiger partial charge in [-0.2, -0.15) is 0 Å². The molecule has 0 radical (unpaired) electrons.